The summed E-state index contributed by atoms with van der Waals surface area (Å²) in [5.41, 5.74) is 0.690. The highest BCUT2D eigenvalue weighted by Crippen LogP contribution is 2.29. The molecule has 3 rings (SSSR count). The number of rotatable bonds is 6. The van der Waals surface area contributed by atoms with E-state index in [1.54, 1.807) is 12.1 Å². The smallest absolute Gasteiger partial charge is 0.252 e. The Labute approximate surface area is 150 Å². The van der Waals surface area contributed by atoms with E-state index in [4.69, 9.17) is 9.47 Å². The van der Waals surface area contributed by atoms with Crippen molar-refractivity contribution in [1.29, 1.82) is 0 Å². The van der Waals surface area contributed by atoms with Crippen LogP contribution in [-0.2, 0) is 16.6 Å². The van der Waals surface area contributed by atoms with Crippen LogP contribution in [0.5, 0.6) is 11.5 Å². The Morgan fingerprint density at radius 1 is 1.00 bits per heavy atom. The molecule has 0 fully saturated rings. The second-order valence-corrected chi connectivity index (χ2v) is 7.32. The van der Waals surface area contributed by atoms with Gasteiger partial charge in [0.1, 0.15) is 0 Å². The summed E-state index contributed by atoms with van der Waals surface area (Å²) in [6, 6.07) is 13.3. The van der Waals surface area contributed by atoms with E-state index >= 15 is 0 Å². The molecule has 0 unspecified atom stereocenters. The van der Waals surface area contributed by atoms with Crippen LogP contribution in [0.25, 0.3) is 10.9 Å². The summed E-state index contributed by atoms with van der Waals surface area (Å²) in [5, 5.41) is 0.826. The van der Waals surface area contributed by atoms with Gasteiger partial charge in [-0.2, -0.15) is 0 Å². The van der Waals surface area contributed by atoms with Gasteiger partial charge in [0.2, 0.25) is 10.0 Å². The fourth-order valence-electron chi connectivity index (χ4n) is 2.56. The summed E-state index contributed by atoms with van der Waals surface area (Å²) in [4.78, 5) is 14.9. The van der Waals surface area contributed by atoms with Gasteiger partial charge in [0, 0.05) is 23.7 Å². The van der Waals surface area contributed by atoms with Crippen LogP contribution in [0.4, 0.5) is 0 Å². The summed E-state index contributed by atoms with van der Waals surface area (Å²) < 4.78 is 37.7. The fourth-order valence-corrected chi connectivity index (χ4v) is 3.59. The van der Waals surface area contributed by atoms with Gasteiger partial charge < -0.3 is 14.5 Å². The number of para-hydroxylation sites is 1. The molecule has 2 aromatic carbocycles. The van der Waals surface area contributed by atoms with Crippen LogP contribution in [0, 0.1) is 0 Å². The van der Waals surface area contributed by atoms with Crippen molar-refractivity contribution in [1.82, 2.24) is 9.71 Å². The quantitative estimate of drug-likeness (QED) is 0.688. The molecule has 1 aromatic heterocycles. The van der Waals surface area contributed by atoms with E-state index < -0.39 is 10.0 Å². The molecular formula is C18H18N2O5S. The molecule has 0 atom stereocenters. The van der Waals surface area contributed by atoms with E-state index in [1.165, 1.54) is 32.4 Å². The van der Waals surface area contributed by atoms with E-state index in [0.29, 0.717) is 22.6 Å². The number of aromatic nitrogens is 1. The Bertz CT molecular complexity index is 1110. The SMILES string of the molecule is COc1ccc(S(=O)(=O)NCc2cc3ccccc3[nH]c2=O)cc1OC. The van der Waals surface area contributed by atoms with Crippen molar-refractivity contribution in [2.24, 2.45) is 0 Å². The average molecular weight is 374 g/mol. The Morgan fingerprint density at radius 2 is 1.73 bits per heavy atom. The first-order valence-electron chi connectivity index (χ1n) is 7.77. The van der Waals surface area contributed by atoms with Crippen molar-refractivity contribution in [2.75, 3.05) is 14.2 Å². The molecule has 0 aliphatic carbocycles. The van der Waals surface area contributed by atoms with Gasteiger partial charge in [-0.1, -0.05) is 18.2 Å². The normalized spacial score (nSPS) is 11.5. The lowest BCUT2D eigenvalue weighted by molar-refractivity contribution is 0.354. The van der Waals surface area contributed by atoms with E-state index in [0.717, 1.165) is 5.39 Å². The van der Waals surface area contributed by atoms with Gasteiger partial charge in [0.15, 0.2) is 11.5 Å². The third kappa shape index (κ3) is 3.56. The van der Waals surface area contributed by atoms with Crippen LogP contribution in [-0.4, -0.2) is 27.6 Å². The standard InChI is InChI=1S/C18H18N2O5S/c1-24-16-8-7-14(10-17(16)25-2)26(22,23)19-11-13-9-12-5-3-4-6-15(12)20-18(13)21/h3-10,19H,11H2,1-2H3,(H,20,21). The van der Waals surface area contributed by atoms with Crippen LogP contribution >= 0.6 is 0 Å². The lowest BCUT2D eigenvalue weighted by atomic mass is 10.1. The van der Waals surface area contributed by atoms with Crippen LogP contribution in [0.1, 0.15) is 5.56 Å². The van der Waals surface area contributed by atoms with E-state index in [9.17, 15) is 13.2 Å². The predicted octanol–water partition coefficient (Wildman–Crippen LogP) is 2.02. The maximum Gasteiger partial charge on any atom is 0.252 e. The average Bonchev–Trinajstić information content (AvgIpc) is 2.65. The predicted molar refractivity (Wildman–Crippen MR) is 98.1 cm³/mol. The number of nitrogens with one attached hydrogen (secondary N) is 2. The van der Waals surface area contributed by atoms with Crippen molar-refractivity contribution in [3.63, 3.8) is 0 Å². The molecule has 3 aromatic rings. The molecule has 0 aliphatic heterocycles. The largest absolute Gasteiger partial charge is 0.493 e. The molecule has 136 valence electrons. The zero-order valence-electron chi connectivity index (χ0n) is 14.3. The number of benzene rings is 2. The lowest BCUT2D eigenvalue weighted by Gasteiger charge is -2.11. The molecule has 1 heterocycles. The first kappa shape index (κ1) is 18.0. The molecule has 0 radical (unpaired) electrons. The van der Waals surface area contributed by atoms with Crippen LogP contribution in [0.3, 0.4) is 0 Å². The Kier molecular flexibility index (Phi) is 4.97. The van der Waals surface area contributed by atoms with Crippen LogP contribution in [0.2, 0.25) is 0 Å². The number of sulfonamides is 1. The van der Waals surface area contributed by atoms with Gasteiger partial charge in [0.05, 0.1) is 19.1 Å². The van der Waals surface area contributed by atoms with Gasteiger partial charge in [-0.25, -0.2) is 13.1 Å². The minimum Gasteiger partial charge on any atom is -0.493 e. The van der Waals surface area contributed by atoms with Crippen molar-refractivity contribution in [2.45, 2.75) is 11.4 Å². The first-order valence-corrected chi connectivity index (χ1v) is 9.25. The van der Waals surface area contributed by atoms with Crippen LogP contribution < -0.4 is 19.8 Å². The molecule has 0 spiro atoms. The molecule has 0 aliphatic rings. The molecule has 0 bridgehead atoms. The van der Waals surface area contributed by atoms with Gasteiger partial charge in [0.25, 0.3) is 5.56 Å². The number of pyridine rings is 1. The minimum absolute atomic E-state index is 0.0207. The van der Waals surface area contributed by atoms with Gasteiger partial charge >= 0.3 is 0 Å². The molecule has 0 amide bonds. The Hall–Kier alpha value is -2.84. The molecule has 26 heavy (non-hydrogen) atoms. The second-order valence-electron chi connectivity index (χ2n) is 5.55. The third-order valence-electron chi connectivity index (χ3n) is 3.95. The second kappa shape index (κ2) is 7.19. The number of aromatic amines is 1. The summed E-state index contributed by atoms with van der Waals surface area (Å²) in [6.07, 6.45) is 0. The topological polar surface area (TPSA) is 97.5 Å². The number of fused-ring (bicyclic) bond motifs is 1. The summed E-state index contributed by atoms with van der Waals surface area (Å²) in [6.45, 7) is -0.128. The summed E-state index contributed by atoms with van der Waals surface area (Å²) in [7, 11) is -0.929. The monoisotopic (exact) mass is 374 g/mol. The first-order chi connectivity index (χ1) is 12.4. The highest BCUT2D eigenvalue weighted by molar-refractivity contribution is 7.89. The van der Waals surface area contributed by atoms with Crippen molar-refractivity contribution < 1.29 is 17.9 Å². The number of hydrogen-bond donors (Lipinski definition) is 2. The number of hydrogen-bond acceptors (Lipinski definition) is 5. The van der Waals surface area contributed by atoms with E-state index in [-0.39, 0.29) is 17.0 Å². The summed E-state index contributed by atoms with van der Waals surface area (Å²) >= 11 is 0. The minimum atomic E-state index is -3.82. The van der Waals surface area contributed by atoms with E-state index in [2.05, 4.69) is 9.71 Å². The zero-order valence-corrected chi connectivity index (χ0v) is 15.1. The lowest BCUT2D eigenvalue weighted by Crippen LogP contribution is -2.27. The molecule has 7 nitrogen and oxygen atoms in total. The van der Waals surface area contributed by atoms with Gasteiger partial charge in [-0.05, 0) is 29.7 Å². The zero-order chi connectivity index (χ0) is 18.7. The van der Waals surface area contributed by atoms with Crippen molar-refractivity contribution in [3.8, 4) is 11.5 Å². The highest BCUT2D eigenvalue weighted by atomic mass is 32.2. The number of H-pyrrole nitrogens is 1. The molecular weight excluding hydrogens is 356 g/mol. The maximum absolute atomic E-state index is 12.5. The highest BCUT2D eigenvalue weighted by Gasteiger charge is 2.17. The Balaban J connectivity index is 1.87. The van der Waals surface area contributed by atoms with Crippen molar-refractivity contribution in [3.05, 3.63) is 64.4 Å². The number of methoxy groups -OCH3 is 2. The Morgan fingerprint density at radius 3 is 2.46 bits per heavy atom. The van der Waals surface area contributed by atoms with Crippen molar-refractivity contribution >= 4 is 20.9 Å². The number of ether oxygens (including phenoxy) is 2. The van der Waals surface area contributed by atoms with Gasteiger partial charge in [-0.15, -0.1) is 0 Å². The van der Waals surface area contributed by atoms with Crippen LogP contribution in [0.15, 0.2) is 58.2 Å². The van der Waals surface area contributed by atoms with E-state index in [1.807, 2.05) is 18.2 Å². The molecule has 0 saturated carbocycles. The molecule has 2 N–H and O–H groups in total. The summed E-state index contributed by atoms with van der Waals surface area (Å²) in [5.74, 6) is 0.733. The maximum atomic E-state index is 12.5. The molecule has 0 saturated heterocycles. The van der Waals surface area contributed by atoms with Gasteiger partial charge in [-0.3, -0.25) is 4.79 Å². The third-order valence-corrected chi connectivity index (χ3v) is 5.35. The fraction of sp³-hybridized carbons (Fsp3) is 0.167. The molecule has 8 heteroatoms.